The van der Waals surface area contributed by atoms with Crippen LogP contribution in [0.15, 0.2) is 71.8 Å². The maximum atomic E-state index is 14.0. The second kappa shape index (κ2) is 11.0. The summed E-state index contributed by atoms with van der Waals surface area (Å²) in [6.45, 7) is 3.25. The molecule has 3 fully saturated rings. The molecule has 0 unspecified atom stereocenters. The Morgan fingerprint density at radius 2 is 1.80 bits per heavy atom. The average Bonchev–Trinajstić information content (AvgIpc) is 3.46. The molecule has 2 aromatic carbocycles. The predicted octanol–water partition coefficient (Wildman–Crippen LogP) is 4.33. The van der Waals surface area contributed by atoms with Gasteiger partial charge in [-0.2, -0.15) is 0 Å². The molecule has 2 atom stereocenters. The number of carbonyl (C=O) groups is 1. The molecule has 0 bridgehead atoms. The molecule has 0 radical (unpaired) electrons. The third-order valence-electron chi connectivity index (χ3n) is 9.23. The number of hydrogen-bond donors (Lipinski definition) is 2. The summed E-state index contributed by atoms with van der Waals surface area (Å²) in [6.07, 6.45) is 5.65. The number of aliphatic hydroxyl groups is 1. The van der Waals surface area contributed by atoms with Gasteiger partial charge in [0.05, 0.1) is 30.2 Å². The summed E-state index contributed by atoms with van der Waals surface area (Å²) in [7, 11) is 0. The van der Waals surface area contributed by atoms with Crippen molar-refractivity contribution in [2.45, 2.75) is 50.3 Å². The molecular weight excluding hydrogens is 526 g/mol. The molecule has 210 valence electrons. The van der Waals surface area contributed by atoms with Gasteiger partial charge in [0.2, 0.25) is 0 Å². The van der Waals surface area contributed by atoms with E-state index in [-0.39, 0.29) is 24.2 Å². The molecule has 2 amide bonds. The molecule has 1 saturated carbocycles. The van der Waals surface area contributed by atoms with E-state index < -0.39 is 11.0 Å². The molecule has 2 N–H and O–H groups in total. The number of benzene rings is 2. The van der Waals surface area contributed by atoms with Crippen molar-refractivity contribution < 1.29 is 9.90 Å². The lowest BCUT2D eigenvalue weighted by atomic mass is 9.66. The Labute approximate surface area is 239 Å². The number of piperidine rings is 1. The van der Waals surface area contributed by atoms with E-state index in [1.807, 2.05) is 40.1 Å². The van der Waals surface area contributed by atoms with E-state index >= 15 is 0 Å². The minimum Gasteiger partial charge on any atom is -0.387 e. The van der Waals surface area contributed by atoms with Gasteiger partial charge < -0.3 is 20.2 Å². The van der Waals surface area contributed by atoms with Crippen molar-refractivity contribution in [3.05, 3.63) is 87.9 Å². The summed E-state index contributed by atoms with van der Waals surface area (Å²) in [5.41, 5.74) is 0.757. The minimum absolute atomic E-state index is 0.0217. The van der Waals surface area contributed by atoms with Crippen molar-refractivity contribution in [3.63, 3.8) is 0 Å². The number of nitrogens with one attached hydrogen (secondary N) is 1. The molecule has 6 rings (SSSR count). The average molecular weight is 562 g/mol. The number of nitrogens with zero attached hydrogens (tertiary/aromatic N) is 4. The first-order valence-electron chi connectivity index (χ1n) is 14.2. The number of hydrogen-bond acceptors (Lipinski definition) is 5. The summed E-state index contributed by atoms with van der Waals surface area (Å²) in [4.78, 5) is 35.6. The summed E-state index contributed by atoms with van der Waals surface area (Å²) in [5.74, 6) is 0. The quantitative estimate of drug-likeness (QED) is 0.495. The normalized spacial score (nSPS) is 24.4. The fraction of sp³-hybridized carbons (Fsp3) is 0.452. The van der Waals surface area contributed by atoms with Gasteiger partial charge in [-0.25, -0.2) is 9.78 Å². The first-order chi connectivity index (χ1) is 19.4. The van der Waals surface area contributed by atoms with Crippen LogP contribution in [0.3, 0.4) is 0 Å². The molecule has 2 aliphatic heterocycles. The van der Waals surface area contributed by atoms with Gasteiger partial charge in [-0.15, -0.1) is 0 Å². The van der Waals surface area contributed by atoms with Gasteiger partial charge in [0.15, 0.2) is 0 Å². The lowest BCUT2D eigenvalue weighted by molar-refractivity contribution is -0.137. The molecule has 1 spiro atoms. The van der Waals surface area contributed by atoms with Crippen molar-refractivity contribution in [1.82, 2.24) is 24.7 Å². The van der Waals surface area contributed by atoms with Crippen LogP contribution in [0.4, 0.5) is 4.79 Å². The summed E-state index contributed by atoms with van der Waals surface area (Å²) in [5, 5.41) is 16.3. The van der Waals surface area contributed by atoms with Gasteiger partial charge in [-0.1, -0.05) is 66.9 Å². The van der Waals surface area contributed by atoms with Gasteiger partial charge in [-0.3, -0.25) is 9.36 Å². The van der Waals surface area contributed by atoms with Gasteiger partial charge in [0, 0.05) is 54.8 Å². The van der Waals surface area contributed by atoms with Crippen LogP contribution in [0.5, 0.6) is 0 Å². The lowest BCUT2D eigenvalue weighted by Crippen LogP contribution is -2.64. The van der Waals surface area contributed by atoms with Crippen molar-refractivity contribution >= 4 is 17.6 Å². The van der Waals surface area contributed by atoms with Crippen LogP contribution in [0.1, 0.15) is 43.7 Å². The lowest BCUT2D eigenvalue weighted by Gasteiger charge is -2.53. The molecule has 2 saturated heterocycles. The summed E-state index contributed by atoms with van der Waals surface area (Å²) in [6, 6.07) is 18.9. The van der Waals surface area contributed by atoms with Crippen LogP contribution in [-0.2, 0) is 6.54 Å². The Kier molecular flexibility index (Phi) is 7.42. The van der Waals surface area contributed by atoms with E-state index in [4.69, 9.17) is 11.6 Å². The van der Waals surface area contributed by atoms with Crippen LogP contribution in [0, 0.1) is 5.41 Å². The fourth-order valence-electron chi connectivity index (χ4n) is 6.95. The number of amides is 2. The first-order valence-corrected chi connectivity index (χ1v) is 14.6. The third-order valence-corrected chi connectivity index (χ3v) is 9.48. The SMILES string of the molecule is O=C(N1CC[C@@](O)(Cn2cnc(-c3ccc(Cl)cc3)cc2=O)C2(CCCC2)C1)N1CCNC[C@H]1c1ccccc1. The molecule has 8 nitrogen and oxygen atoms in total. The fourth-order valence-corrected chi connectivity index (χ4v) is 7.08. The van der Waals surface area contributed by atoms with Gasteiger partial charge in [-0.05, 0) is 37.0 Å². The third kappa shape index (κ3) is 5.04. The predicted molar refractivity (Wildman–Crippen MR) is 155 cm³/mol. The number of likely N-dealkylation sites (tertiary alicyclic amines) is 1. The van der Waals surface area contributed by atoms with E-state index in [1.165, 1.54) is 17.0 Å². The Balaban J connectivity index is 1.22. The van der Waals surface area contributed by atoms with E-state index in [2.05, 4.69) is 22.4 Å². The van der Waals surface area contributed by atoms with E-state index in [0.29, 0.717) is 36.8 Å². The summed E-state index contributed by atoms with van der Waals surface area (Å²) < 4.78 is 1.53. The monoisotopic (exact) mass is 561 g/mol. The van der Waals surface area contributed by atoms with Gasteiger partial charge in [0.25, 0.3) is 5.56 Å². The Morgan fingerprint density at radius 1 is 1.05 bits per heavy atom. The number of rotatable bonds is 4. The van der Waals surface area contributed by atoms with Gasteiger partial charge >= 0.3 is 6.03 Å². The smallest absolute Gasteiger partial charge is 0.320 e. The highest BCUT2D eigenvalue weighted by Gasteiger charge is 2.56. The number of piperazine rings is 1. The number of aromatic nitrogens is 2. The standard InChI is InChI=1S/C31H36ClN5O3/c32-25-10-8-23(9-11-25)26-18-28(38)36(22-34-26)21-31(40)14-16-35(20-30(31)12-4-5-13-30)29(39)37-17-15-33-19-27(37)24-6-2-1-3-7-24/h1-3,6-11,18,22,27,33,40H,4-5,12-17,19-21H2/t27-,31+/m0/s1. The Bertz CT molecular complexity index is 1410. The molecule has 3 aliphatic rings. The highest BCUT2D eigenvalue weighted by molar-refractivity contribution is 6.30. The zero-order valence-corrected chi connectivity index (χ0v) is 23.4. The molecule has 3 heterocycles. The second-order valence-corrected chi connectivity index (χ2v) is 12.0. The van der Waals surface area contributed by atoms with Crippen LogP contribution in [0.25, 0.3) is 11.3 Å². The largest absolute Gasteiger partial charge is 0.387 e. The highest BCUT2D eigenvalue weighted by atomic mass is 35.5. The molecule has 1 aromatic heterocycles. The van der Waals surface area contributed by atoms with Gasteiger partial charge in [0.1, 0.15) is 0 Å². The molecule has 9 heteroatoms. The Morgan fingerprint density at radius 3 is 2.52 bits per heavy atom. The molecule has 1 aliphatic carbocycles. The number of urea groups is 1. The molecule has 40 heavy (non-hydrogen) atoms. The highest BCUT2D eigenvalue weighted by Crippen LogP contribution is 2.51. The van der Waals surface area contributed by atoms with E-state index in [9.17, 15) is 14.7 Å². The zero-order valence-electron chi connectivity index (χ0n) is 22.6. The topological polar surface area (TPSA) is 90.7 Å². The van der Waals surface area contributed by atoms with Crippen LogP contribution in [-0.4, -0.2) is 68.8 Å². The first kappa shape index (κ1) is 27.0. The molecular formula is C31H36ClN5O3. The maximum absolute atomic E-state index is 14.0. The van der Waals surface area contributed by atoms with Crippen LogP contribution >= 0.6 is 11.6 Å². The van der Waals surface area contributed by atoms with Crippen molar-refractivity contribution in [1.29, 1.82) is 0 Å². The minimum atomic E-state index is -1.10. The zero-order chi connectivity index (χ0) is 27.7. The van der Waals surface area contributed by atoms with Crippen LogP contribution < -0.4 is 10.9 Å². The second-order valence-electron chi connectivity index (χ2n) is 11.5. The van der Waals surface area contributed by atoms with Crippen LogP contribution in [0.2, 0.25) is 5.02 Å². The summed E-state index contributed by atoms with van der Waals surface area (Å²) >= 11 is 6.00. The van der Waals surface area contributed by atoms with Crippen molar-refractivity contribution in [3.8, 4) is 11.3 Å². The van der Waals surface area contributed by atoms with E-state index in [0.717, 1.165) is 49.9 Å². The Hall–Kier alpha value is -3.20. The molecule has 3 aromatic rings. The van der Waals surface area contributed by atoms with E-state index in [1.54, 1.807) is 12.1 Å². The maximum Gasteiger partial charge on any atom is 0.320 e. The number of carbonyl (C=O) groups excluding carboxylic acids is 1. The van der Waals surface area contributed by atoms with Crippen molar-refractivity contribution in [2.24, 2.45) is 5.41 Å². The van der Waals surface area contributed by atoms with Crippen molar-refractivity contribution in [2.75, 3.05) is 32.7 Å². The number of halogens is 1.